The summed E-state index contributed by atoms with van der Waals surface area (Å²) in [6, 6.07) is 2.11. The molecule has 1 N–H and O–H groups in total. The number of nitrogens with zero attached hydrogens (tertiary/aromatic N) is 4. The molecule has 2 rings (SSSR count). The summed E-state index contributed by atoms with van der Waals surface area (Å²) in [5, 5.41) is 7.31. The highest BCUT2D eigenvalue weighted by atomic mass is 16.2. The van der Waals surface area contributed by atoms with Crippen LogP contribution in [0.5, 0.6) is 0 Å². The van der Waals surface area contributed by atoms with E-state index in [9.17, 15) is 4.79 Å². The first-order chi connectivity index (χ1) is 10.9. The van der Waals surface area contributed by atoms with Crippen LogP contribution in [0.15, 0.2) is 12.3 Å². The van der Waals surface area contributed by atoms with E-state index < -0.39 is 0 Å². The lowest BCUT2D eigenvalue weighted by atomic mass is 9.93. The summed E-state index contributed by atoms with van der Waals surface area (Å²) < 4.78 is 1.86. The number of aromatic nitrogens is 2. The number of nitrogens with one attached hydrogen (secondary N) is 1. The van der Waals surface area contributed by atoms with Gasteiger partial charge in [0.1, 0.15) is 5.82 Å². The number of likely N-dealkylation sites (tertiary alicyclic amines) is 1. The maximum absolute atomic E-state index is 12.6. The van der Waals surface area contributed by atoms with E-state index in [-0.39, 0.29) is 6.03 Å². The highest BCUT2D eigenvalue weighted by Crippen LogP contribution is 2.22. The van der Waals surface area contributed by atoms with E-state index in [0.717, 1.165) is 38.4 Å². The van der Waals surface area contributed by atoms with Gasteiger partial charge in [0.15, 0.2) is 0 Å². The van der Waals surface area contributed by atoms with Gasteiger partial charge in [0, 0.05) is 38.8 Å². The number of carbonyl (C=O) groups is 1. The average molecular weight is 321 g/mol. The van der Waals surface area contributed by atoms with Gasteiger partial charge in [-0.05, 0) is 24.8 Å². The number of rotatable bonds is 5. The molecule has 6 heteroatoms. The van der Waals surface area contributed by atoms with Crippen molar-refractivity contribution in [2.45, 2.75) is 46.7 Å². The molecule has 6 nitrogen and oxygen atoms in total. The second-order valence-corrected chi connectivity index (χ2v) is 7.06. The molecule has 0 saturated carbocycles. The summed E-state index contributed by atoms with van der Waals surface area (Å²) >= 11 is 0. The molecule has 1 saturated heterocycles. The van der Waals surface area contributed by atoms with E-state index in [2.05, 4.69) is 43.0 Å². The van der Waals surface area contributed by atoms with E-state index in [0.29, 0.717) is 17.9 Å². The van der Waals surface area contributed by atoms with Crippen molar-refractivity contribution in [3.63, 3.8) is 0 Å². The summed E-state index contributed by atoms with van der Waals surface area (Å²) in [6.07, 6.45) is 2.77. The SMILES string of the molecule is CCN1CC[C@H](N(C)C(=O)Nc2ccnn2CC(C)C)[C@@H](C)C1. The van der Waals surface area contributed by atoms with Crippen LogP contribution in [-0.4, -0.2) is 58.3 Å². The van der Waals surface area contributed by atoms with Crippen LogP contribution >= 0.6 is 0 Å². The number of urea groups is 1. The van der Waals surface area contributed by atoms with Crippen LogP contribution < -0.4 is 5.32 Å². The monoisotopic (exact) mass is 321 g/mol. The summed E-state index contributed by atoms with van der Waals surface area (Å²) in [4.78, 5) is 16.9. The second-order valence-electron chi connectivity index (χ2n) is 7.06. The zero-order valence-corrected chi connectivity index (χ0v) is 15.1. The second kappa shape index (κ2) is 7.81. The van der Waals surface area contributed by atoms with Gasteiger partial charge in [0.05, 0.1) is 6.20 Å². The minimum atomic E-state index is -0.0442. The van der Waals surface area contributed by atoms with Crippen molar-refractivity contribution < 1.29 is 4.79 Å². The predicted octanol–water partition coefficient (Wildman–Crippen LogP) is 2.73. The van der Waals surface area contributed by atoms with Crippen molar-refractivity contribution in [2.75, 3.05) is 32.0 Å². The molecule has 1 aliphatic heterocycles. The lowest BCUT2D eigenvalue weighted by Gasteiger charge is -2.40. The number of carbonyl (C=O) groups excluding carboxylic acids is 1. The molecule has 23 heavy (non-hydrogen) atoms. The van der Waals surface area contributed by atoms with E-state index in [1.807, 2.05) is 22.7 Å². The molecule has 2 atom stereocenters. The molecule has 0 aliphatic carbocycles. The van der Waals surface area contributed by atoms with Gasteiger partial charge in [0.2, 0.25) is 0 Å². The third-order valence-corrected chi connectivity index (χ3v) is 4.70. The first-order valence-electron chi connectivity index (χ1n) is 8.70. The minimum Gasteiger partial charge on any atom is -0.324 e. The van der Waals surface area contributed by atoms with Crippen molar-refractivity contribution >= 4 is 11.8 Å². The number of anilines is 1. The lowest BCUT2D eigenvalue weighted by molar-refractivity contribution is 0.101. The minimum absolute atomic E-state index is 0.0442. The molecule has 2 heterocycles. The third kappa shape index (κ3) is 4.47. The highest BCUT2D eigenvalue weighted by Gasteiger charge is 2.30. The molecular formula is C17H31N5O. The van der Waals surface area contributed by atoms with Gasteiger partial charge >= 0.3 is 6.03 Å². The quantitative estimate of drug-likeness (QED) is 0.907. The molecule has 1 fully saturated rings. The fourth-order valence-electron chi connectivity index (χ4n) is 3.36. The van der Waals surface area contributed by atoms with Gasteiger partial charge in [0.25, 0.3) is 0 Å². The van der Waals surface area contributed by atoms with Crippen molar-refractivity contribution in [1.29, 1.82) is 0 Å². The fraction of sp³-hybridized carbons (Fsp3) is 0.765. The van der Waals surface area contributed by atoms with Crippen LogP contribution in [-0.2, 0) is 6.54 Å². The molecule has 1 aromatic rings. The molecule has 130 valence electrons. The Balaban J connectivity index is 1.96. The third-order valence-electron chi connectivity index (χ3n) is 4.70. The summed E-state index contributed by atoms with van der Waals surface area (Å²) in [6.45, 7) is 12.7. The molecule has 0 radical (unpaired) electrons. The van der Waals surface area contributed by atoms with Crippen LogP contribution in [0.4, 0.5) is 10.6 Å². The topological polar surface area (TPSA) is 53.4 Å². The number of piperidine rings is 1. The van der Waals surface area contributed by atoms with E-state index in [1.54, 1.807) is 6.20 Å². The Bertz CT molecular complexity index is 513. The van der Waals surface area contributed by atoms with E-state index >= 15 is 0 Å². The Labute approximate surface area is 139 Å². The van der Waals surface area contributed by atoms with Gasteiger partial charge in [-0.2, -0.15) is 5.10 Å². The lowest BCUT2D eigenvalue weighted by Crippen LogP contribution is -2.51. The Morgan fingerprint density at radius 3 is 2.87 bits per heavy atom. The van der Waals surface area contributed by atoms with E-state index in [4.69, 9.17) is 0 Å². The van der Waals surface area contributed by atoms with Gasteiger partial charge in [-0.25, -0.2) is 9.48 Å². The molecular weight excluding hydrogens is 290 g/mol. The molecule has 0 spiro atoms. The van der Waals surface area contributed by atoms with Gasteiger partial charge in [-0.15, -0.1) is 0 Å². The summed E-state index contributed by atoms with van der Waals surface area (Å²) in [7, 11) is 1.90. The first kappa shape index (κ1) is 17.8. The maximum atomic E-state index is 12.6. The Morgan fingerprint density at radius 1 is 1.52 bits per heavy atom. The van der Waals surface area contributed by atoms with Crippen LogP contribution in [0.2, 0.25) is 0 Å². The molecule has 0 unspecified atom stereocenters. The summed E-state index contributed by atoms with van der Waals surface area (Å²) in [5.74, 6) is 1.75. The summed E-state index contributed by atoms with van der Waals surface area (Å²) in [5.41, 5.74) is 0. The number of hydrogen-bond acceptors (Lipinski definition) is 3. The fourth-order valence-corrected chi connectivity index (χ4v) is 3.36. The van der Waals surface area contributed by atoms with Crippen LogP contribution in [0.3, 0.4) is 0 Å². The average Bonchev–Trinajstić information content (AvgIpc) is 2.92. The van der Waals surface area contributed by atoms with Gasteiger partial charge in [-0.1, -0.05) is 27.7 Å². The molecule has 1 aliphatic rings. The predicted molar refractivity (Wildman–Crippen MR) is 93.5 cm³/mol. The van der Waals surface area contributed by atoms with Gasteiger partial charge < -0.3 is 9.80 Å². The Kier molecular flexibility index (Phi) is 6.04. The highest BCUT2D eigenvalue weighted by molar-refractivity contribution is 5.88. The molecule has 0 bridgehead atoms. The van der Waals surface area contributed by atoms with Crippen molar-refractivity contribution in [1.82, 2.24) is 19.6 Å². The van der Waals surface area contributed by atoms with Crippen LogP contribution in [0, 0.1) is 11.8 Å². The molecule has 0 aromatic carbocycles. The molecule has 2 amide bonds. The first-order valence-corrected chi connectivity index (χ1v) is 8.70. The van der Waals surface area contributed by atoms with Crippen molar-refractivity contribution in [3.05, 3.63) is 12.3 Å². The zero-order valence-electron chi connectivity index (χ0n) is 15.1. The zero-order chi connectivity index (χ0) is 17.0. The normalized spacial score (nSPS) is 22.3. The smallest absolute Gasteiger partial charge is 0.323 e. The van der Waals surface area contributed by atoms with Crippen LogP contribution in [0.1, 0.15) is 34.1 Å². The van der Waals surface area contributed by atoms with Crippen molar-refractivity contribution in [3.8, 4) is 0 Å². The van der Waals surface area contributed by atoms with Crippen LogP contribution in [0.25, 0.3) is 0 Å². The van der Waals surface area contributed by atoms with E-state index in [1.165, 1.54) is 0 Å². The van der Waals surface area contributed by atoms with Crippen molar-refractivity contribution in [2.24, 2.45) is 11.8 Å². The Morgan fingerprint density at radius 2 is 2.26 bits per heavy atom. The number of amides is 2. The number of hydrogen-bond donors (Lipinski definition) is 1. The molecule has 1 aromatic heterocycles. The largest absolute Gasteiger partial charge is 0.324 e. The maximum Gasteiger partial charge on any atom is 0.323 e. The Hall–Kier alpha value is -1.56. The standard InChI is InChI=1S/C17H31N5O/c1-6-21-10-8-15(14(4)12-21)20(5)17(23)19-16-7-9-18-22(16)11-13(2)3/h7,9,13-15H,6,8,10-12H2,1-5H3,(H,19,23)/t14-,15-/m0/s1. The van der Waals surface area contributed by atoms with Gasteiger partial charge in [-0.3, -0.25) is 5.32 Å².